The highest BCUT2D eigenvalue weighted by Gasteiger charge is 2.34. The van der Waals surface area contributed by atoms with Gasteiger partial charge in [-0.2, -0.15) is 13.2 Å². The predicted molar refractivity (Wildman–Crippen MR) is 61.8 cm³/mol. The Balaban J connectivity index is 2.59. The van der Waals surface area contributed by atoms with Crippen molar-refractivity contribution in [2.75, 3.05) is 7.11 Å². The van der Waals surface area contributed by atoms with Crippen LogP contribution < -0.4 is 10.3 Å². The normalized spacial score (nSPS) is 11.4. The lowest BCUT2D eigenvalue weighted by Gasteiger charge is -2.10. The standard InChI is InChI=1S/C12H8F4N2O2/c1-20-10-9(17-5-18-11(10)19)6-2-3-7(8(13)4-6)12(14,15)16/h2-5H,1H3,(H,17,18,19). The van der Waals surface area contributed by atoms with Gasteiger partial charge in [-0.05, 0) is 12.1 Å². The summed E-state index contributed by atoms with van der Waals surface area (Å²) in [5.41, 5.74) is -2.02. The monoisotopic (exact) mass is 288 g/mol. The van der Waals surface area contributed by atoms with Gasteiger partial charge in [0.2, 0.25) is 5.75 Å². The number of ether oxygens (including phenoxy) is 1. The molecule has 0 fully saturated rings. The molecule has 0 bridgehead atoms. The number of H-pyrrole nitrogens is 1. The van der Waals surface area contributed by atoms with Crippen LogP contribution in [0.5, 0.6) is 5.75 Å². The molecule has 0 unspecified atom stereocenters. The molecule has 0 aliphatic heterocycles. The fraction of sp³-hybridized carbons (Fsp3) is 0.167. The highest BCUT2D eigenvalue weighted by atomic mass is 19.4. The Bertz CT molecular complexity index is 695. The average molecular weight is 288 g/mol. The number of hydrogen-bond donors (Lipinski definition) is 1. The van der Waals surface area contributed by atoms with E-state index in [-0.39, 0.29) is 17.0 Å². The first-order valence-corrected chi connectivity index (χ1v) is 5.33. The highest BCUT2D eigenvalue weighted by Crippen LogP contribution is 2.34. The van der Waals surface area contributed by atoms with Gasteiger partial charge >= 0.3 is 6.18 Å². The van der Waals surface area contributed by atoms with Crippen LogP contribution in [0.25, 0.3) is 11.3 Å². The van der Waals surface area contributed by atoms with E-state index in [0.717, 1.165) is 12.4 Å². The Morgan fingerprint density at radius 1 is 1.30 bits per heavy atom. The molecule has 2 aromatic rings. The van der Waals surface area contributed by atoms with Gasteiger partial charge in [0, 0.05) is 5.56 Å². The lowest BCUT2D eigenvalue weighted by atomic mass is 10.1. The summed E-state index contributed by atoms with van der Waals surface area (Å²) in [6, 6.07) is 2.27. The Morgan fingerprint density at radius 2 is 2.00 bits per heavy atom. The SMILES string of the molecule is COc1c(-c2ccc(C(F)(F)F)c(F)c2)nc[nH]c1=O. The average Bonchev–Trinajstić information content (AvgIpc) is 2.36. The number of alkyl halides is 3. The second-order valence-electron chi connectivity index (χ2n) is 3.81. The van der Waals surface area contributed by atoms with Gasteiger partial charge in [-0.1, -0.05) is 6.07 Å². The predicted octanol–water partition coefficient (Wildman–Crippen LogP) is 2.60. The van der Waals surface area contributed by atoms with Crippen molar-refractivity contribution in [2.24, 2.45) is 0 Å². The minimum atomic E-state index is -4.78. The number of hydrogen-bond acceptors (Lipinski definition) is 3. The zero-order valence-electron chi connectivity index (χ0n) is 10.1. The molecule has 0 saturated carbocycles. The first kappa shape index (κ1) is 14.0. The Kier molecular flexibility index (Phi) is 3.47. The summed E-state index contributed by atoms with van der Waals surface area (Å²) in [5.74, 6) is -1.65. The zero-order chi connectivity index (χ0) is 14.9. The third-order valence-corrected chi connectivity index (χ3v) is 2.56. The number of benzene rings is 1. The number of methoxy groups -OCH3 is 1. The topological polar surface area (TPSA) is 55.0 Å². The van der Waals surface area contributed by atoms with Crippen molar-refractivity contribution in [3.05, 3.63) is 46.3 Å². The van der Waals surface area contributed by atoms with Crippen molar-refractivity contribution in [3.63, 3.8) is 0 Å². The molecule has 1 heterocycles. The van der Waals surface area contributed by atoms with E-state index in [1.807, 2.05) is 0 Å². The third-order valence-electron chi connectivity index (χ3n) is 2.56. The molecule has 0 aliphatic rings. The van der Waals surface area contributed by atoms with Crippen LogP contribution in [0.4, 0.5) is 17.6 Å². The van der Waals surface area contributed by atoms with Crippen LogP contribution in [0, 0.1) is 5.82 Å². The van der Waals surface area contributed by atoms with E-state index in [1.165, 1.54) is 7.11 Å². The van der Waals surface area contributed by atoms with Crippen LogP contribution in [-0.2, 0) is 6.18 Å². The quantitative estimate of drug-likeness (QED) is 0.864. The fourth-order valence-electron chi connectivity index (χ4n) is 1.67. The van der Waals surface area contributed by atoms with Crippen molar-refractivity contribution in [1.29, 1.82) is 0 Å². The molecule has 2 rings (SSSR count). The molecule has 0 radical (unpaired) electrons. The summed E-state index contributed by atoms with van der Waals surface area (Å²) in [5, 5.41) is 0. The summed E-state index contributed by atoms with van der Waals surface area (Å²) in [7, 11) is 1.20. The molecule has 0 aliphatic carbocycles. The van der Waals surface area contributed by atoms with Gasteiger partial charge in [-0.15, -0.1) is 0 Å². The van der Waals surface area contributed by atoms with E-state index in [9.17, 15) is 22.4 Å². The minimum absolute atomic E-state index is 0.0125. The number of aromatic nitrogens is 2. The fourth-order valence-corrected chi connectivity index (χ4v) is 1.67. The lowest BCUT2D eigenvalue weighted by Crippen LogP contribution is -2.12. The molecule has 1 aromatic carbocycles. The number of rotatable bonds is 2. The molecule has 0 atom stereocenters. The van der Waals surface area contributed by atoms with E-state index in [4.69, 9.17) is 4.74 Å². The summed E-state index contributed by atoms with van der Waals surface area (Å²) in [6.07, 6.45) is -3.73. The molecule has 106 valence electrons. The molecule has 1 aromatic heterocycles. The van der Waals surface area contributed by atoms with Gasteiger partial charge in [0.25, 0.3) is 5.56 Å². The van der Waals surface area contributed by atoms with E-state index >= 15 is 0 Å². The minimum Gasteiger partial charge on any atom is -0.490 e. The third kappa shape index (κ3) is 2.49. The maximum atomic E-state index is 13.5. The van der Waals surface area contributed by atoms with E-state index in [1.54, 1.807) is 0 Å². The van der Waals surface area contributed by atoms with E-state index in [2.05, 4.69) is 9.97 Å². The maximum Gasteiger partial charge on any atom is 0.419 e. The van der Waals surface area contributed by atoms with Crippen molar-refractivity contribution in [3.8, 4) is 17.0 Å². The number of aromatic amines is 1. The summed E-state index contributed by atoms with van der Waals surface area (Å²) in [4.78, 5) is 17.5. The van der Waals surface area contributed by atoms with Crippen LogP contribution in [0.2, 0.25) is 0 Å². The number of nitrogens with one attached hydrogen (secondary N) is 1. The van der Waals surface area contributed by atoms with Crippen molar-refractivity contribution in [2.45, 2.75) is 6.18 Å². The summed E-state index contributed by atoms with van der Waals surface area (Å²) in [6.45, 7) is 0. The first-order valence-electron chi connectivity index (χ1n) is 5.33. The van der Waals surface area contributed by atoms with Gasteiger partial charge in [-0.3, -0.25) is 4.79 Å². The van der Waals surface area contributed by atoms with E-state index in [0.29, 0.717) is 12.1 Å². The lowest BCUT2D eigenvalue weighted by molar-refractivity contribution is -0.139. The molecule has 20 heavy (non-hydrogen) atoms. The molecular weight excluding hydrogens is 280 g/mol. The largest absolute Gasteiger partial charge is 0.490 e. The second kappa shape index (κ2) is 4.95. The van der Waals surface area contributed by atoms with E-state index < -0.39 is 23.1 Å². The van der Waals surface area contributed by atoms with Gasteiger partial charge in [0.05, 0.1) is 19.0 Å². The summed E-state index contributed by atoms with van der Waals surface area (Å²) >= 11 is 0. The van der Waals surface area contributed by atoms with Crippen molar-refractivity contribution >= 4 is 0 Å². The van der Waals surface area contributed by atoms with Crippen LogP contribution in [0.1, 0.15) is 5.56 Å². The van der Waals surface area contributed by atoms with Crippen LogP contribution in [-0.4, -0.2) is 17.1 Å². The van der Waals surface area contributed by atoms with Gasteiger partial charge < -0.3 is 9.72 Å². The van der Waals surface area contributed by atoms with Crippen LogP contribution >= 0.6 is 0 Å². The van der Waals surface area contributed by atoms with Crippen LogP contribution in [0.15, 0.2) is 29.3 Å². The molecule has 4 nitrogen and oxygen atoms in total. The molecule has 1 N–H and O–H groups in total. The number of nitrogens with zero attached hydrogens (tertiary/aromatic N) is 1. The number of halogens is 4. The van der Waals surface area contributed by atoms with Gasteiger partial charge in [0.15, 0.2) is 0 Å². The molecule has 8 heteroatoms. The van der Waals surface area contributed by atoms with Gasteiger partial charge in [0.1, 0.15) is 11.5 Å². The molecular formula is C12H8F4N2O2. The molecule has 0 saturated heterocycles. The Labute approximate surface area is 110 Å². The van der Waals surface area contributed by atoms with Crippen molar-refractivity contribution in [1.82, 2.24) is 9.97 Å². The first-order chi connectivity index (χ1) is 9.34. The smallest absolute Gasteiger partial charge is 0.419 e. The zero-order valence-corrected chi connectivity index (χ0v) is 10.1. The van der Waals surface area contributed by atoms with Gasteiger partial charge in [-0.25, -0.2) is 9.37 Å². The maximum absolute atomic E-state index is 13.5. The summed E-state index contributed by atoms with van der Waals surface area (Å²) < 4.78 is 55.7. The Hall–Kier alpha value is -2.38. The Morgan fingerprint density at radius 3 is 2.55 bits per heavy atom. The highest BCUT2D eigenvalue weighted by molar-refractivity contribution is 5.65. The van der Waals surface area contributed by atoms with Crippen LogP contribution in [0.3, 0.4) is 0 Å². The molecule has 0 spiro atoms. The van der Waals surface area contributed by atoms with Crippen molar-refractivity contribution < 1.29 is 22.3 Å². The molecule has 0 amide bonds. The second-order valence-corrected chi connectivity index (χ2v) is 3.81.